The number of phenolic OH excluding ortho intramolecular Hbond substituents is 1. The van der Waals surface area contributed by atoms with E-state index >= 15 is 0 Å². The van der Waals surface area contributed by atoms with Crippen molar-refractivity contribution in [1.29, 1.82) is 0 Å². The van der Waals surface area contributed by atoms with Crippen LogP contribution in [0.4, 0.5) is 0 Å². The summed E-state index contributed by atoms with van der Waals surface area (Å²) in [6, 6.07) is -4.73. The number of phenols is 1. The number of nitrogens with two attached hydrogens (primary N) is 1. The molecular weight excluding hydrogens is 983 g/mol. The van der Waals surface area contributed by atoms with Crippen LogP contribution in [0.2, 0.25) is 0 Å². The number of unbranched alkanes of at least 4 members (excludes halogenated alkanes) is 5. The number of aliphatic hydroxyl groups is 8. The molecule has 0 spiro atoms. The molecule has 1 aromatic carbocycles. The van der Waals surface area contributed by atoms with Gasteiger partial charge in [-0.25, -0.2) is 0 Å². The van der Waals surface area contributed by atoms with Gasteiger partial charge in [-0.2, -0.15) is 0 Å². The molecule has 422 valence electrons. The fraction of sp³-hybridized carbons (Fsp3) is 0.725. The number of hydrogen-bond acceptors (Lipinski definition) is 17. The van der Waals surface area contributed by atoms with Crippen LogP contribution < -0.4 is 27.0 Å². The van der Waals surface area contributed by atoms with Gasteiger partial charge in [0.2, 0.25) is 41.4 Å². The Morgan fingerprint density at radius 3 is 2.00 bits per heavy atom. The number of primary amides is 1. The number of aliphatic hydroxyl groups excluding tert-OH is 8. The van der Waals surface area contributed by atoms with Crippen LogP contribution in [-0.4, -0.2) is 189 Å². The molecule has 0 aromatic heterocycles. The van der Waals surface area contributed by atoms with Crippen molar-refractivity contribution in [3.05, 3.63) is 29.8 Å². The Hall–Kier alpha value is -5.34. The highest BCUT2D eigenvalue weighted by atomic mass is 16.3. The second-order valence-electron chi connectivity index (χ2n) is 20.9. The van der Waals surface area contributed by atoms with E-state index in [-0.39, 0.29) is 24.2 Å². The number of fused-ring (bicyclic) bond motifs is 2. The summed E-state index contributed by atoms with van der Waals surface area (Å²) in [5, 5.41) is 108. The first kappa shape index (κ1) is 62.2. The average Bonchev–Trinajstić information content (AvgIpc) is 3.95. The summed E-state index contributed by atoms with van der Waals surface area (Å²) in [7, 11) is 0. The number of rotatable bonds is 20. The van der Waals surface area contributed by atoms with E-state index < -0.39 is 171 Å². The lowest BCUT2D eigenvalue weighted by Crippen LogP contribution is -2.61. The largest absolute Gasteiger partial charge is 0.508 e. The fourth-order valence-corrected chi connectivity index (χ4v) is 10.1. The van der Waals surface area contributed by atoms with Crippen LogP contribution in [0.25, 0.3) is 0 Å². The number of carbonyl (C=O) groups is 8. The zero-order chi connectivity index (χ0) is 55.8. The smallest absolute Gasteiger partial charge is 0.248 e. The highest BCUT2D eigenvalue weighted by Crippen LogP contribution is 2.30. The maximum atomic E-state index is 14.4. The van der Waals surface area contributed by atoms with Gasteiger partial charge in [-0.1, -0.05) is 77.8 Å². The number of ketones is 1. The predicted octanol–water partition coefficient (Wildman–Crippen LogP) is -2.25. The number of benzene rings is 1. The minimum atomic E-state index is -2.27. The maximum Gasteiger partial charge on any atom is 0.248 e. The molecule has 75 heavy (non-hydrogen) atoms. The van der Waals surface area contributed by atoms with Crippen LogP contribution in [0.1, 0.15) is 136 Å². The Balaban J connectivity index is 1.69. The average molecular weight is 1060 g/mol. The van der Waals surface area contributed by atoms with E-state index in [4.69, 9.17) is 5.73 Å². The van der Waals surface area contributed by atoms with Gasteiger partial charge in [0.05, 0.1) is 48.9 Å². The Labute approximate surface area is 436 Å². The molecule has 3 fully saturated rings. The van der Waals surface area contributed by atoms with Crippen molar-refractivity contribution >= 4 is 47.1 Å². The Kier molecular flexibility index (Phi) is 24.3. The zero-order valence-corrected chi connectivity index (χ0v) is 43.3. The number of nitrogens with zero attached hydrogens (tertiary/aromatic N) is 2. The maximum absolute atomic E-state index is 14.4. The molecule has 0 aliphatic carbocycles. The molecule has 4 rings (SSSR count). The molecule has 3 aliphatic rings. The Bertz CT molecular complexity index is 2100. The summed E-state index contributed by atoms with van der Waals surface area (Å²) in [5.41, 5.74) is 5.26. The zero-order valence-electron chi connectivity index (χ0n) is 43.3. The second kappa shape index (κ2) is 29.3. The van der Waals surface area contributed by atoms with Gasteiger partial charge in [0.1, 0.15) is 42.1 Å². The SMILES string of the molecule is CCC(C)CC(C)CCCCCCCCC(=O)N[C@H]1C[C@@H](O)[C@@H](O)NC(=O)[C@@H]2[C@@H](O)CCN2C(=O)C(C(O)CC(N)=O)NC(=O)[C@H](C(O)[C@@H](O)c2ccc(O)cc2)CC(=O)[C@@H]2C[C@@H](O)CN2C(=O)[C@H](C(C)O)NC1=O. The number of aromatic hydroxyl groups is 1. The summed E-state index contributed by atoms with van der Waals surface area (Å²) in [6.07, 6.45) is -10.8. The van der Waals surface area contributed by atoms with Gasteiger partial charge in [-0.15, -0.1) is 0 Å². The standard InChI is InChI=1S/C51H81N7O17/c1-5-26(2)20-27(3)12-10-8-6-7-9-11-13-40(67)53-33-23-38(65)48(72)56-49(73)43-35(62)18-19-57(43)51(75)42(37(64)24-39(52)66)55-46(70)32(45(69)44(68)29-14-16-30(60)17-15-29)22-36(63)34-21-31(61)25-58(34)50(74)41(28(4)59)54-47(33)71/h14-17,26-28,31-35,37-38,41-45,48,59-62,64-65,68-69,72H,5-13,18-25H2,1-4H3,(H2,52,66)(H,53,67)(H,54,71)(H,55,70)(H,56,73)/t26?,27?,28?,31-,32+,33+,34+,35+,37?,38-,41+,42?,43+,44+,45?,48-/m1/s1. The topological polar surface area (TPSA) is 399 Å². The molecule has 0 radical (unpaired) electrons. The van der Waals surface area contributed by atoms with E-state index in [1.165, 1.54) is 18.6 Å². The Morgan fingerprint density at radius 1 is 0.760 bits per heavy atom. The van der Waals surface area contributed by atoms with Gasteiger partial charge in [0, 0.05) is 38.8 Å². The van der Waals surface area contributed by atoms with Crippen molar-refractivity contribution in [2.45, 2.75) is 203 Å². The molecular formula is C51H81N7O17. The molecule has 0 saturated carbocycles. The second-order valence-corrected chi connectivity index (χ2v) is 20.9. The number of hydrogen-bond donors (Lipinski definition) is 14. The monoisotopic (exact) mass is 1060 g/mol. The van der Waals surface area contributed by atoms with Gasteiger partial charge in [0.25, 0.3) is 0 Å². The van der Waals surface area contributed by atoms with Crippen molar-refractivity contribution in [3.8, 4) is 5.75 Å². The summed E-state index contributed by atoms with van der Waals surface area (Å²) in [6.45, 7) is 6.84. The van der Waals surface area contributed by atoms with Crippen molar-refractivity contribution in [3.63, 3.8) is 0 Å². The van der Waals surface area contributed by atoms with Crippen LogP contribution in [0.5, 0.6) is 5.75 Å². The van der Waals surface area contributed by atoms with Crippen LogP contribution in [0, 0.1) is 17.8 Å². The van der Waals surface area contributed by atoms with Crippen molar-refractivity contribution < 1.29 is 84.3 Å². The molecule has 0 bridgehead atoms. The molecule has 15 N–H and O–H groups in total. The van der Waals surface area contributed by atoms with Gasteiger partial charge in [0.15, 0.2) is 12.0 Å². The van der Waals surface area contributed by atoms with Crippen molar-refractivity contribution in [2.75, 3.05) is 13.1 Å². The van der Waals surface area contributed by atoms with Crippen molar-refractivity contribution in [2.24, 2.45) is 23.5 Å². The van der Waals surface area contributed by atoms with Crippen LogP contribution in [0.3, 0.4) is 0 Å². The molecule has 7 amide bonds. The summed E-state index contributed by atoms with van der Waals surface area (Å²) in [4.78, 5) is 113. The minimum absolute atomic E-state index is 0.0725. The third-order valence-corrected chi connectivity index (χ3v) is 14.6. The van der Waals surface area contributed by atoms with E-state index in [9.17, 15) is 84.3 Å². The molecule has 1 aromatic rings. The Morgan fingerprint density at radius 2 is 1.37 bits per heavy atom. The molecule has 16 atom stereocenters. The molecule has 3 heterocycles. The quantitative estimate of drug-likeness (QED) is 0.0614. The molecule has 6 unspecified atom stereocenters. The van der Waals surface area contributed by atoms with Gasteiger partial charge < -0.3 is 82.8 Å². The lowest BCUT2D eigenvalue weighted by Gasteiger charge is -2.34. The van der Waals surface area contributed by atoms with E-state index in [0.29, 0.717) is 29.6 Å². The highest BCUT2D eigenvalue weighted by molar-refractivity contribution is 5.98. The predicted molar refractivity (Wildman–Crippen MR) is 267 cm³/mol. The number of carbonyl (C=O) groups excluding carboxylic acids is 8. The van der Waals surface area contributed by atoms with E-state index in [0.717, 1.165) is 62.5 Å². The third-order valence-electron chi connectivity index (χ3n) is 14.6. The highest BCUT2D eigenvalue weighted by Gasteiger charge is 2.49. The first-order chi connectivity index (χ1) is 35.3. The minimum Gasteiger partial charge on any atom is -0.508 e. The first-order valence-electron chi connectivity index (χ1n) is 26.2. The van der Waals surface area contributed by atoms with Gasteiger partial charge in [-0.05, 0) is 55.7 Å². The lowest BCUT2D eigenvalue weighted by molar-refractivity contribution is -0.150. The van der Waals surface area contributed by atoms with Crippen LogP contribution in [-0.2, 0) is 38.4 Å². The number of amides is 7. The normalized spacial score (nSPS) is 29.1. The third kappa shape index (κ3) is 17.9. The van der Waals surface area contributed by atoms with E-state index in [1.54, 1.807) is 0 Å². The van der Waals surface area contributed by atoms with Crippen LogP contribution >= 0.6 is 0 Å². The summed E-state index contributed by atoms with van der Waals surface area (Å²) in [5.74, 6) is -10.2. The van der Waals surface area contributed by atoms with E-state index in [1.807, 2.05) is 0 Å². The summed E-state index contributed by atoms with van der Waals surface area (Å²) < 4.78 is 0. The molecule has 24 heteroatoms. The lowest BCUT2D eigenvalue weighted by atomic mass is 9.86. The summed E-state index contributed by atoms with van der Waals surface area (Å²) >= 11 is 0. The number of Topliss-reactive ketones (excluding diaryl/α,β-unsaturated/α-hetero) is 1. The van der Waals surface area contributed by atoms with Crippen molar-refractivity contribution in [1.82, 2.24) is 31.1 Å². The van der Waals surface area contributed by atoms with Gasteiger partial charge in [-0.3, -0.25) is 38.4 Å². The molecule has 24 nitrogen and oxygen atoms in total. The molecule has 3 saturated heterocycles. The first-order valence-corrected chi connectivity index (χ1v) is 26.2. The van der Waals surface area contributed by atoms with Crippen LogP contribution in [0.15, 0.2) is 24.3 Å². The fourth-order valence-electron chi connectivity index (χ4n) is 10.1. The number of nitrogens with one attached hydrogen (secondary N) is 4. The van der Waals surface area contributed by atoms with Gasteiger partial charge >= 0.3 is 0 Å². The van der Waals surface area contributed by atoms with E-state index in [2.05, 4.69) is 42.0 Å². The molecule has 3 aliphatic heterocycles.